The van der Waals surface area contributed by atoms with E-state index in [9.17, 15) is 14.7 Å². The number of ketones is 1. The van der Waals surface area contributed by atoms with Crippen molar-refractivity contribution in [3.63, 3.8) is 0 Å². The summed E-state index contributed by atoms with van der Waals surface area (Å²) in [5, 5.41) is 20.5. The van der Waals surface area contributed by atoms with Gasteiger partial charge >= 0.3 is 0 Å². The predicted molar refractivity (Wildman–Crippen MR) is 143 cm³/mol. The highest BCUT2D eigenvalue weighted by Gasteiger charge is 2.22. The molecule has 10 heteroatoms. The van der Waals surface area contributed by atoms with Crippen molar-refractivity contribution in [1.29, 1.82) is 0 Å². The Balaban J connectivity index is 1.39. The van der Waals surface area contributed by atoms with Gasteiger partial charge in [-0.3, -0.25) is 14.9 Å². The van der Waals surface area contributed by atoms with Crippen molar-refractivity contribution in [1.82, 2.24) is 14.7 Å². The van der Waals surface area contributed by atoms with Gasteiger partial charge in [-0.15, -0.1) is 11.3 Å². The lowest BCUT2D eigenvalue weighted by Gasteiger charge is -2.20. The van der Waals surface area contributed by atoms with Crippen LogP contribution >= 0.6 is 11.3 Å². The fraction of sp³-hybridized carbons (Fsp3) is 0.185. The number of nitrogens with zero attached hydrogens (tertiary/aromatic N) is 3. The van der Waals surface area contributed by atoms with Gasteiger partial charge < -0.3 is 19.5 Å². The molecule has 37 heavy (non-hydrogen) atoms. The molecule has 0 unspecified atom stereocenters. The van der Waals surface area contributed by atoms with Gasteiger partial charge in [0.25, 0.3) is 5.91 Å². The zero-order valence-electron chi connectivity index (χ0n) is 20.3. The summed E-state index contributed by atoms with van der Waals surface area (Å²) >= 11 is 1.29. The minimum absolute atomic E-state index is 0.0258. The first-order valence-corrected chi connectivity index (χ1v) is 12.5. The highest BCUT2D eigenvalue weighted by Crippen LogP contribution is 2.29. The molecule has 0 saturated heterocycles. The van der Waals surface area contributed by atoms with Crippen LogP contribution in [-0.2, 0) is 6.54 Å². The van der Waals surface area contributed by atoms with Gasteiger partial charge in [-0.05, 0) is 44.2 Å². The van der Waals surface area contributed by atoms with Crippen molar-refractivity contribution in [3.8, 4) is 10.6 Å². The summed E-state index contributed by atoms with van der Waals surface area (Å²) in [7, 11) is 0. The molecule has 0 aliphatic heterocycles. The van der Waals surface area contributed by atoms with Gasteiger partial charge in [-0.1, -0.05) is 35.5 Å². The minimum Gasteiger partial charge on any atom is -0.389 e. The summed E-state index contributed by atoms with van der Waals surface area (Å²) in [4.78, 5) is 31.5. The number of hydrogen-bond donors (Lipinski definition) is 3. The van der Waals surface area contributed by atoms with E-state index in [1.54, 1.807) is 42.7 Å². The highest BCUT2D eigenvalue weighted by molar-refractivity contribution is 7.17. The van der Waals surface area contributed by atoms with Crippen LogP contribution < -0.4 is 10.6 Å². The number of aromatic nitrogens is 3. The Morgan fingerprint density at radius 2 is 1.89 bits per heavy atom. The number of thiophene rings is 1. The van der Waals surface area contributed by atoms with Gasteiger partial charge in [0, 0.05) is 17.3 Å². The Morgan fingerprint density at radius 1 is 1.08 bits per heavy atom. The van der Waals surface area contributed by atoms with E-state index in [-0.39, 0.29) is 24.8 Å². The average molecular weight is 516 g/mol. The molecule has 0 atom stereocenters. The van der Waals surface area contributed by atoms with Crippen LogP contribution in [0.5, 0.6) is 0 Å². The Morgan fingerprint density at radius 3 is 2.62 bits per heavy atom. The summed E-state index contributed by atoms with van der Waals surface area (Å²) in [5.74, 6) is -0.0305. The van der Waals surface area contributed by atoms with Crippen LogP contribution in [0.15, 0.2) is 77.5 Å². The molecule has 0 fully saturated rings. The lowest BCUT2D eigenvalue weighted by Crippen LogP contribution is -2.27. The van der Waals surface area contributed by atoms with Gasteiger partial charge in [-0.2, -0.15) is 0 Å². The van der Waals surface area contributed by atoms with E-state index in [0.717, 1.165) is 16.1 Å². The van der Waals surface area contributed by atoms with Crippen molar-refractivity contribution in [2.24, 2.45) is 0 Å². The van der Waals surface area contributed by atoms with Crippen LogP contribution in [0.1, 0.15) is 33.9 Å². The largest absolute Gasteiger partial charge is 0.389 e. The third-order valence-electron chi connectivity index (χ3n) is 5.59. The number of benzene rings is 2. The normalized spacial score (nSPS) is 11.5. The van der Waals surface area contributed by atoms with Crippen LogP contribution in [-0.4, -0.2) is 43.7 Å². The topological polar surface area (TPSA) is 122 Å². The van der Waals surface area contributed by atoms with Gasteiger partial charge in [0.2, 0.25) is 5.95 Å². The Hall–Kier alpha value is -4.28. The van der Waals surface area contributed by atoms with Gasteiger partial charge in [-0.25, -0.2) is 4.98 Å². The number of amides is 1. The first-order valence-electron chi connectivity index (χ1n) is 11.6. The second kappa shape index (κ2) is 10.00. The van der Waals surface area contributed by atoms with Crippen molar-refractivity contribution in [2.45, 2.75) is 26.0 Å². The first-order chi connectivity index (χ1) is 17.8. The highest BCUT2D eigenvalue weighted by atomic mass is 32.1. The maximum atomic E-state index is 13.1. The molecular weight excluding hydrogens is 490 g/mol. The number of aliphatic hydroxyl groups is 1. The summed E-state index contributed by atoms with van der Waals surface area (Å²) in [6.45, 7) is 3.74. The number of hydrogen-bond acceptors (Lipinski definition) is 8. The fourth-order valence-electron chi connectivity index (χ4n) is 3.89. The molecule has 0 bridgehead atoms. The molecule has 0 radical (unpaired) electrons. The number of Topliss-reactive ketones (excluding diaryl/α,β-unsaturated/α-hetero) is 1. The van der Waals surface area contributed by atoms with E-state index >= 15 is 0 Å². The lowest BCUT2D eigenvalue weighted by molar-refractivity contribution is 0.0630. The monoisotopic (exact) mass is 515 g/mol. The molecule has 2 aromatic carbocycles. The number of fused-ring (bicyclic) bond motifs is 1. The van der Waals surface area contributed by atoms with Crippen LogP contribution in [0.25, 0.3) is 21.6 Å². The second-order valence-corrected chi connectivity index (χ2v) is 10.3. The van der Waals surface area contributed by atoms with E-state index in [1.165, 1.54) is 17.6 Å². The molecule has 1 amide bonds. The zero-order chi connectivity index (χ0) is 26.0. The SMILES string of the molecule is CC(C)(O)Cn1c(NC(=O)c2ccc(-c3ccon3)s2)nc2cc(NCC(=O)c3ccccc3)ccc21. The number of carbonyl (C=O) groups excluding carboxylic acids is 2. The van der Waals surface area contributed by atoms with Crippen LogP contribution in [0.4, 0.5) is 11.6 Å². The molecule has 0 aliphatic carbocycles. The molecule has 0 aliphatic rings. The fourth-order valence-corrected chi connectivity index (χ4v) is 4.75. The quantitative estimate of drug-likeness (QED) is 0.234. The van der Waals surface area contributed by atoms with Gasteiger partial charge in [0.1, 0.15) is 12.0 Å². The van der Waals surface area contributed by atoms with Crippen molar-refractivity contribution < 1.29 is 19.2 Å². The molecule has 188 valence electrons. The Labute approximate surface area is 216 Å². The summed E-state index contributed by atoms with van der Waals surface area (Å²) in [5.41, 5.74) is 2.32. The number of anilines is 2. The molecule has 0 saturated carbocycles. The first kappa shape index (κ1) is 24.4. The number of rotatable bonds is 9. The number of imidazole rings is 1. The van der Waals surface area contributed by atoms with Crippen LogP contribution in [0.2, 0.25) is 0 Å². The van der Waals surface area contributed by atoms with Crippen molar-refractivity contribution in [2.75, 3.05) is 17.2 Å². The molecule has 5 rings (SSSR count). The van der Waals surface area contributed by atoms with Gasteiger partial charge in [0.15, 0.2) is 5.78 Å². The molecule has 3 heterocycles. The smallest absolute Gasteiger partial charge is 0.268 e. The van der Waals surface area contributed by atoms with E-state index < -0.39 is 5.60 Å². The summed E-state index contributed by atoms with van der Waals surface area (Å²) in [6, 6.07) is 19.9. The lowest BCUT2D eigenvalue weighted by atomic mass is 10.1. The van der Waals surface area contributed by atoms with Crippen LogP contribution in [0, 0.1) is 0 Å². The molecule has 9 nitrogen and oxygen atoms in total. The standard InChI is InChI=1S/C27H25N5O4S/c1-27(2,35)16-32-21-9-8-18(28-15-22(33)17-6-4-3-5-7-17)14-20(21)29-26(32)30-25(34)24-11-10-23(37-24)19-12-13-36-31-19/h3-14,28,35H,15-16H2,1-2H3,(H,29,30,34). The molecular formula is C27H25N5O4S. The van der Waals surface area contributed by atoms with Crippen LogP contribution in [0.3, 0.4) is 0 Å². The van der Waals surface area contributed by atoms with Gasteiger partial charge in [0.05, 0.1) is 39.5 Å². The summed E-state index contributed by atoms with van der Waals surface area (Å²) in [6.07, 6.45) is 1.48. The molecule has 0 spiro atoms. The van der Waals surface area contributed by atoms with E-state index in [0.29, 0.717) is 27.6 Å². The average Bonchev–Trinajstić information content (AvgIpc) is 3.63. The molecule has 3 aromatic heterocycles. The van der Waals surface area contributed by atoms with Crippen molar-refractivity contribution in [3.05, 3.63) is 83.4 Å². The number of carbonyl (C=O) groups is 2. The third kappa shape index (κ3) is 5.60. The van der Waals surface area contributed by atoms with Crippen molar-refractivity contribution >= 4 is 45.7 Å². The number of nitrogens with one attached hydrogen (secondary N) is 2. The Bertz CT molecular complexity index is 1550. The maximum Gasteiger partial charge on any atom is 0.268 e. The second-order valence-electron chi connectivity index (χ2n) is 9.18. The molecule has 5 aromatic rings. The van der Waals surface area contributed by atoms with E-state index in [4.69, 9.17) is 4.52 Å². The van der Waals surface area contributed by atoms with E-state index in [2.05, 4.69) is 20.8 Å². The predicted octanol–water partition coefficient (Wildman–Crippen LogP) is 5.07. The van der Waals surface area contributed by atoms with E-state index in [1.807, 2.05) is 42.5 Å². The Kier molecular flexibility index (Phi) is 6.60. The zero-order valence-corrected chi connectivity index (χ0v) is 21.1. The minimum atomic E-state index is -1.05. The third-order valence-corrected chi connectivity index (χ3v) is 6.69. The summed E-state index contributed by atoms with van der Waals surface area (Å²) < 4.78 is 6.66. The molecule has 3 N–H and O–H groups in total. The maximum absolute atomic E-state index is 13.1.